The lowest BCUT2D eigenvalue weighted by atomic mass is 10.2. The number of H-pyrrole nitrogens is 1. The standard InChI is InChI=1S/C15H16N4O2/c1-20-10-2-3-12-11(8-10)13-14(18-12)15(17-9-16-13)19-4-6-21-7-5-19/h2-3,8-9,18H,4-7H2,1H3. The zero-order valence-electron chi connectivity index (χ0n) is 11.8. The van der Waals surface area contributed by atoms with Crippen molar-refractivity contribution in [3.63, 3.8) is 0 Å². The van der Waals surface area contributed by atoms with E-state index in [0.717, 1.165) is 59.8 Å². The maximum atomic E-state index is 5.41. The third-order valence-electron chi connectivity index (χ3n) is 3.88. The fourth-order valence-corrected chi connectivity index (χ4v) is 2.80. The molecule has 0 bridgehead atoms. The minimum Gasteiger partial charge on any atom is -0.497 e. The maximum absolute atomic E-state index is 5.41. The molecule has 0 spiro atoms. The Kier molecular flexibility index (Phi) is 2.89. The van der Waals surface area contributed by atoms with Gasteiger partial charge in [0.05, 0.1) is 20.3 Å². The van der Waals surface area contributed by atoms with Crippen LogP contribution in [0.1, 0.15) is 0 Å². The van der Waals surface area contributed by atoms with E-state index < -0.39 is 0 Å². The molecule has 3 aromatic rings. The van der Waals surface area contributed by atoms with Crippen molar-refractivity contribution in [2.75, 3.05) is 38.3 Å². The van der Waals surface area contributed by atoms with Gasteiger partial charge in [-0.25, -0.2) is 9.97 Å². The summed E-state index contributed by atoms with van der Waals surface area (Å²) in [7, 11) is 1.67. The smallest absolute Gasteiger partial charge is 0.156 e. The first-order chi connectivity index (χ1) is 10.4. The highest BCUT2D eigenvalue weighted by atomic mass is 16.5. The minimum absolute atomic E-state index is 0.736. The Bertz CT molecular complexity index is 793. The first-order valence-corrected chi connectivity index (χ1v) is 7.00. The molecule has 1 N–H and O–H groups in total. The van der Waals surface area contributed by atoms with Gasteiger partial charge in [-0.1, -0.05) is 0 Å². The van der Waals surface area contributed by atoms with Gasteiger partial charge in [0, 0.05) is 24.0 Å². The molecule has 0 atom stereocenters. The number of nitrogens with zero attached hydrogens (tertiary/aromatic N) is 3. The van der Waals surface area contributed by atoms with Gasteiger partial charge < -0.3 is 19.4 Å². The second kappa shape index (κ2) is 4.89. The SMILES string of the molecule is COc1ccc2[nH]c3c(N4CCOCC4)ncnc3c2c1. The molecule has 0 unspecified atom stereocenters. The number of ether oxygens (including phenoxy) is 2. The fourth-order valence-electron chi connectivity index (χ4n) is 2.80. The van der Waals surface area contributed by atoms with Crippen molar-refractivity contribution in [3.8, 4) is 5.75 Å². The molecule has 1 aliphatic heterocycles. The molecule has 1 fully saturated rings. The number of hydrogen-bond donors (Lipinski definition) is 1. The summed E-state index contributed by atoms with van der Waals surface area (Å²) >= 11 is 0. The molecule has 6 heteroatoms. The molecule has 0 radical (unpaired) electrons. The summed E-state index contributed by atoms with van der Waals surface area (Å²) in [6.07, 6.45) is 1.62. The van der Waals surface area contributed by atoms with E-state index in [1.165, 1.54) is 0 Å². The van der Waals surface area contributed by atoms with Crippen LogP contribution in [0.4, 0.5) is 5.82 Å². The molecule has 1 aliphatic rings. The van der Waals surface area contributed by atoms with Gasteiger partial charge in [0.2, 0.25) is 0 Å². The third kappa shape index (κ3) is 1.99. The van der Waals surface area contributed by atoms with Crippen LogP contribution in [0.5, 0.6) is 5.75 Å². The highest BCUT2D eigenvalue weighted by Crippen LogP contribution is 2.31. The van der Waals surface area contributed by atoms with Crippen LogP contribution in [-0.2, 0) is 4.74 Å². The van der Waals surface area contributed by atoms with E-state index in [1.807, 2.05) is 18.2 Å². The molecule has 6 nitrogen and oxygen atoms in total. The van der Waals surface area contributed by atoms with Crippen molar-refractivity contribution in [1.82, 2.24) is 15.0 Å². The zero-order chi connectivity index (χ0) is 14.2. The fraction of sp³-hybridized carbons (Fsp3) is 0.333. The zero-order valence-corrected chi connectivity index (χ0v) is 11.8. The Labute approximate surface area is 121 Å². The molecule has 1 aromatic carbocycles. The minimum atomic E-state index is 0.736. The molecule has 2 aromatic heterocycles. The molecule has 0 amide bonds. The topological polar surface area (TPSA) is 63.3 Å². The van der Waals surface area contributed by atoms with Crippen LogP contribution in [0.25, 0.3) is 21.9 Å². The van der Waals surface area contributed by atoms with E-state index in [-0.39, 0.29) is 0 Å². The Balaban J connectivity index is 1.92. The van der Waals surface area contributed by atoms with Crippen LogP contribution in [0.2, 0.25) is 0 Å². The number of nitrogens with one attached hydrogen (secondary N) is 1. The first kappa shape index (κ1) is 12.4. The van der Waals surface area contributed by atoms with E-state index in [0.29, 0.717) is 0 Å². The van der Waals surface area contributed by atoms with E-state index in [4.69, 9.17) is 9.47 Å². The Hall–Kier alpha value is -2.34. The van der Waals surface area contributed by atoms with Crippen molar-refractivity contribution in [3.05, 3.63) is 24.5 Å². The molecular weight excluding hydrogens is 268 g/mol. The first-order valence-electron chi connectivity index (χ1n) is 7.00. The molecule has 3 heterocycles. The quantitative estimate of drug-likeness (QED) is 0.779. The number of fused-ring (bicyclic) bond motifs is 3. The van der Waals surface area contributed by atoms with Gasteiger partial charge in [-0.15, -0.1) is 0 Å². The van der Waals surface area contributed by atoms with Gasteiger partial charge in [-0.2, -0.15) is 0 Å². The number of aromatic amines is 1. The summed E-state index contributed by atoms with van der Waals surface area (Å²) in [6, 6.07) is 5.96. The van der Waals surface area contributed by atoms with Crippen molar-refractivity contribution in [1.29, 1.82) is 0 Å². The lowest BCUT2D eigenvalue weighted by molar-refractivity contribution is 0.122. The van der Waals surface area contributed by atoms with Crippen LogP contribution in [0.3, 0.4) is 0 Å². The summed E-state index contributed by atoms with van der Waals surface area (Å²) in [6.45, 7) is 3.18. The molecule has 1 saturated heterocycles. The van der Waals surface area contributed by atoms with Crippen LogP contribution < -0.4 is 9.64 Å². The Morgan fingerprint density at radius 3 is 2.90 bits per heavy atom. The van der Waals surface area contributed by atoms with Crippen LogP contribution in [-0.4, -0.2) is 48.4 Å². The van der Waals surface area contributed by atoms with E-state index >= 15 is 0 Å². The third-order valence-corrected chi connectivity index (χ3v) is 3.88. The summed E-state index contributed by atoms with van der Waals surface area (Å²) in [5.74, 6) is 1.77. The number of hydrogen-bond acceptors (Lipinski definition) is 5. The van der Waals surface area contributed by atoms with Crippen molar-refractivity contribution >= 4 is 27.8 Å². The summed E-state index contributed by atoms with van der Waals surface area (Å²) in [5, 5.41) is 1.06. The average Bonchev–Trinajstić information content (AvgIpc) is 2.93. The van der Waals surface area contributed by atoms with Crippen LogP contribution in [0.15, 0.2) is 24.5 Å². The van der Waals surface area contributed by atoms with Gasteiger partial charge in [0.25, 0.3) is 0 Å². The number of rotatable bonds is 2. The normalized spacial score (nSPS) is 15.8. The average molecular weight is 284 g/mol. The highest BCUT2D eigenvalue weighted by Gasteiger charge is 2.18. The van der Waals surface area contributed by atoms with Crippen molar-refractivity contribution in [2.24, 2.45) is 0 Å². The van der Waals surface area contributed by atoms with Crippen molar-refractivity contribution < 1.29 is 9.47 Å². The second-order valence-corrected chi connectivity index (χ2v) is 5.06. The summed E-state index contributed by atoms with van der Waals surface area (Å²) < 4.78 is 10.7. The highest BCUT2D eigenvalue weighted by molar-refractivity contribution is 6.08. The summed E-state index contributed by atoms with van der Waals surface area (Å²) in [4.78, 5) is 14.6. The number of methoxy groups -OCH3 is 1. The molecule has 0 aliphatic carbocycles. The lowest BCUT2D eigenvalue weighted by Gasteiger charge is -2.27. The van der Waals surface area contributed by atoms with Crippen LogP contribution in [0, 0.1) is 0 Å². The van der Waals surface area contributed by atoms with E-state index in [9.17, 15) is 0 Å². The summed E-state index contributed by atoms with van der Waals surface area (Å²) in [5.41, 5.74) is 2.95. The molecule has 0 saturated carbocycles. The monoisotopic (exact) mass is 284 g/mol. The molecular formula is C15H16N4O2. The largest absolute Gasteiger partial charge is 0.497 e. The van der Waals surface area contributed by atoms with Gasteiger partial charge in [0.1, 0.15) is 23.1 Å². The number of anilines is 1. The van der Waals surface area contributed by atoms with Gasteiger partial charge in [0.15, 0.2) is 5.82 Å². The van der Waals surface area contributed by atoms with Crippen molar-refractivity contribution in [2.45, 2.75) is 0 Å². The lowest BCUT2D eigenvalue weighted by Crippen LogP contribution is -2.36. The molecule has 21 heavy (non-hydrogen) atoms. The van der Waals surface area contributed by atoms with Crippen LogP contribution >= 0.6 is 0 Å². The number of aromatic nitrogens is 3. The number of morpholine rings is 1. The Morgan fingerprint density at radius 1 is 1.24 bits per heavy atom. The van der Waals surface area contributed by atoms with Gasteiger partial charge in [-0.05, 0) is 18.2 Å². The Morgan fingerprint density at radius 2 is 2.10 bits per heavy atom. The maximum Gasteiger partial charge on any atom is 0.156 e. The van der Waals surface area contributed by atoms with Gasteiger partial charge >= 0.3 is 0 Å². The second-order valence-electron chi connectivity index (χ2n) is 5.06. The number of benzene rings is 1. The van der Waals surface area contributed by atoms with E-state index in [1.54, 1.807) is 13.4 Å². The molecule has 4 rings (SSSR count). The van der Waals surface area contributed by atoms with E-state index in [2.05, 4.69) is 19.9 Å². The molecule has 108 valence electrons. The predicted molar refractivity (Wildman–Crippen MR) is 81.0 cm³/mol. The predicted octanol–water partition coefficient (Wildman–Crippen LogP) is 1.96. The van der Waals surface area contributed by atoms with Gasteiger partial charge in [-0.3, -0.25) is 0 Å².